The molecule has 17 heavy (non-hydrogen) atoms. The highest BCUT2D eigenvalue weighted by atomic mass is 19.1. The fourth-order valence-electron chi connectivity index (χ4n) is 3.13. The van der Waals surface area contributed by atoms with Gasteiger partial charge in [0, 0.05) is 0 Å². The van der Waals surface area contributed by atoms with Crippen molar-refractivity contribution in [3.05, 3.63) is 11.4 Å². The van der Waals surface area contributed by atoms with E-state index in [9.17, 15) is 4.39 Å². The van der Waals surface area contributed by atoms with Gasteiger partial charge in [0.15, 0.2) is 0 Å². The minimum atomic E-state index is 0.0273. The lowest BCUT2D eigenvalue weighted by atomic mass is 9.75. The Balaban J connectivity index is 2.62. The molecule has 0 aliphatic heterocycles. The minimum absolute atomic E-state index is 0.0273. The van der Waals surface area contributed by atoms with Crippen LogP contribution in [0.1, 0.15) is 79.1 Å². The smallest absolute Gasteiger partial charge is 0.0958 e. The van der Waals surface area contributed by atoms with E-state index >= 15 is 0 Å². The van der Waals surface area contributed by atoms with Crippen LogP contribution < -0.4 is 0 Å². The summed E-state index contributed by atoms with van der Waals surface area (Å²) in [5.74, 6) is 0.913. The lowest BCUT2D eigenvalue weighted by Crippen LogP contribution is -2.17. The number of hydrogen-bond acceptors (Lipinski definition) is 0. The molecule has 0 N–H and O–H groups in total. The third-order valence-corrected chi connectivity index (χ3v) is 4.48. The van der Waals surface area contributed by atoms with Gasteiger partial charge in [-0.25, -0.2) is 4.39 Å². The second-order valence-electron chi connectivity index (χ2n) is 6.54. The van der Waals surface area contributed by atoms with Crippen molar-refractivity contribution < 1.29 is 4.39 Å². The second kappa shape index (κ2) is 6.56. The molecule has 0 radical (unpaired) electrons. The van der Waals surface area contributed by atoms with E-state index < -0.39 is 0 Å². The van der Waals surface area contributed by atoms with E-state index in [1.54, 1.807) is 6.92 Å². The molecular formula is C16H29F. The van der Waals surface area contributed by atoms with Crippen LogP contribution in [-0.2, 0) is 0 Å². The molecule has 1 aliphatic rings. The van der Waals surface area contributed by atoms with Gasteiger partial charge >= 0.3 is 0 Å². The van der Waals surface area contributed by atoms with Crippen LogP contribution in [0.3, 0.4) is 0 Å². The fourth-order valence-corrected chi connectivity index (χ4v) is 3.13. The number of rotatable bonds is 2. The standard InChI is InChI=1S/C16H29F/c1-13-8-5-6-10-16(4,11-7-9-13)12-14(2)15(3)17/h13H,5-12H2,1-4H3/b15-14-. The highest BCUT2D eigenvalue weighted by Crippen LogP contribution is 2.39. The normalized spacial score (nSPS) is 33.4. The quantitative estimate of drug-likeness (QED) is 0.553. The summed E-state index contributed by atoms with van der Waals surface area (Å²) in [6, 6.07) is 0. The Kier molecular flexibility index (Phi) is 5.69. The molecule has 2 atom stereocenters. The monoisotopic (exact) mass is 240 g/mol. The van der Waals surface area contributed by atoms with E-state index in [-0.39, 0.29) is 5.83 Å². The van der Waals surface area contributed by atoms with E-state index in [0.717, 1.165) is 17.9 Å². The minimum Gasteiger partial charge on any atom is -0.212 e. The van der Waals surface area contributed by atoms with Crippen LogP contribution in [0, 0.1) is 11.3 Å². The zero-order valence-electron chi connectivity index (χ0n) is 12.1. The van der Waals surface area contributed by atoms with E-state index in [1.165, 1.54) is 44.9 Å². The summed E-state index contributed by atoms with van der Waals surface area (Å²) in [6.07, 6.45) is 10.2. The molecule has 2 unspecified atom stereocenters. The van der Waals surface area contributed by atoms with Crippen LogP contribution >= 0.6 is 0 Å². The van der Waals surface area contributed by atoms with Crippen molar-refractivity contribution in [1.29, 1.82) is 0 Å². The molecule has 1 heteroatoms. The van der Waals surface area contributed by atoms with Crippen LogP contribution in [-0.4, -0.2) is 0 Å². The molecule has 1 saturated carbocycles. The summed E-state index contributed by atoms with van der Waals surface area (Å²) in [5.41, 5.74) is 1.29. The largest absolute Gasteiger partial charge is 0.212 e. The van der Waals surface area contributed by atoms with Gasteiger partial charge in [0.1, 0.15) is 0 Å². The predicted octanol–water partition coefficient (Wildman–Crippen LogP) is 6.03. The van der Waals surface area contributed by atoms with Gasteiger partial charge in [-0.1, -0.05) is 46.0 Å². The summed E-state index contributed by atoms with van der Waals surface area (Å²) in [4.78, 5) is 0. The molecule has 1 fully saturated rings. The molecule has 0 nitrogen and oxygen atoms in total. The molecule has 0 bridgehead atoms. The van der Waals surface area contributed by atoms with Crippen molar-refractivity contribution in [2.24, 2.45) is 11.3 Å². The second-order valence-corrected chi connectivity index (χ2v) is 6.54. The maximum Gasteiger partial charge on any atom is 0.0958 e. The van der Waals surface area contributed by atoms with Crippen LogP contribution in [0.2, 0.25) is 0 Å². The summed E-state index contributed by atoms with van der Waals surface area (Å²) in [6.45, 7) is 8.28. The molecule has 0 aromatic heterocycles. The van der Waals surface area contributed by atoms with Crippen molar-refractivity contribution in [3.63, 3.8) is 0 Å². The van der Waals surface area contributed by atoms with Gasteiger partial charge in [-0.2, -0.15) is 0 Å². The summed E-state index contributed by atoms with van der Waals surface area (Å²) >= 11 is 0. The average Bonchev–Trinajstić information content (AvgIpc) is 2.30. The van der Waals surface area contributed by atoms with E-state index in [0.29, 0.717) is 5.41 Å². The Morgan fingerprint density at radius 1 is 1.12 bits per heavy atom. The Bertz CT molecular complexity index is 263. The first-order valence-electron chi connectivity index (χ1n) is 7.25. The van der Waals surface area contributed by atoms with Crippen molar-refractivity contribution in [3.8, 4) is 0 Å². The Morgan fingerprint density at radius 3 is 2.35 bits per heavy atom. The molecular weight excluding hydrogens is 211 g/mol. The summed E-state index contributed by atoms with van der Waals surface area (Å²) in [5, 5.41) is 0. The first-order chi connectivity index (χ1) is 7.93. The third kappa shape index (κ3) is 5.23. The van der Waals surface area contributed by atoms with Crippen molar-refractivity contribution in [2.75, 3.05) is 0 Å². The highest BCUT2D eigenvalue weighted by Gasteiger charge is 2.25. The molecule has 0 spiro atoms. The van der Waals surface area contributed by atoms with Crippen LogP contribution in [0.5, 0.6) is 0 Å². The first-order valence-corrected chi connectivity index (χ1v) is 7.25. The molecule has 0 aromatic carbocycles. The molecule has 0 aromatic rings. The van der Waals surface area contributed by atoms with E-state index in [4.69, 9.17) is 0 Å². The van der Waals surface area contributed by atoms with Gasteiger partial charge in [0.2, 0.25) is 0 Å². The number of hydrogen-bond donors (Lipinski definition) is 0. The molecule has 1 aliphatic carbocycles. The third-order valence-electron chi connectivity index (χ3n) is 4.48. The Hall–Kier alpha value is -0.330. The summed E-state index contributed by atoms with van der Waals surface area (Å²) < 4.78 is 13.2. The Labute approximate surface area is 107 Å². The van der Waals surface area contributed by atoms with Gasteiger partial charge in [0.05, 0.1) is 5.83 Å². The summed E-state index contributed by atoms with van der Waals surface area (Å²) in [7, 11) is 0. The van der Waals surface area contributed by atoms with Crippen molar-refractivity contribution >= 4 is 0 Å². The highest BCUT2D eigenvalue weighted by molar-refractivity contribution is 5.05. The topological polar surface area (TPSA) is 0 Å². The molecule has 0 amide bonds. The zero-order chi connectivity index (χ0) is 12.9. The van der Waals surface area contributed by atoms with Gasteiger partial charge in [-0.15, -0.1) is 0 Å². The van der Waals surface area contributed by atoms with Crippen LogP contribution in [0.25, 0.3) is 0 Å². The van der Waals surface area contributed by atoms with Gasteiger partial charge in [-0.05, 0) is 50.0 Å². The molecule has 0 saturated heterocycles. The van der Waals surface area contributed by atoms with Crippen molar-refractivity contribution in [2.45, 2.75) is 79.1 Å². The number of allylic oxidation sites excluding steroid dienone is 2. The maximum atomic E-state index is 13.2. The van der Waals surface area contributed by atoms with Gasteiger partial charge < -0.3 is 0 Å². The van der Waals surface area contributed by atoms with Gasteiger partial charge in [-0.3, -0.25) is 0 Å². The first kappa shape index (κ1) is 14.7. The average molecular weight is 240 g/mol. The van der Waals surface area contributed by atoms with E-state index in [2.05, 4.69) is 13.8 Å². The maximum absolute atomic E-state index is 13.2. The molecule has 100 valence electrons. The van der Waals surface area contributed by atoms with Crippen LogP contribution in [0.4, 0.5) is 4.39 Å². The lowest BCUT2D eigenvalue weighted by Gasteiger charge is -2.30. The van der Waals surface area contributed by atoms with Gasteiger partial charge in [0.25, 0.3) is 0 Å². The fraction of sp³-hybridized carbons (Fsp3) is 0.875. The lowest BCUT2D eigenvalue weighted by molar-refractivity contribution is 0.253. The Morgan fingerprint density at radius 2 is 1.71 bits per heavy atom. The van der Waals surface area contributed by atoms with Crippen LogP contribution in [0.15, 0.2) is 11.4 Å². The predicted molar refractivity (Wildman–Crippen MR) is 73.7 cm³/mol. The molecule has 0 heterocycles. The SMILES string of the molecule is C/C(F)=C(\C)CC1(C)CCCCC(C)CCC1. The zero-order valence-corrected chi connectivity index (χ0v) is 12.1. The molecule has 1 rings (SSSR count). The van der Waals surface area contributed by atoms with Crippen molar-refractivity contribution in [1.82, 2.24) is 0 Å². The van der Waals surface area contributed by atoms with E-state index in [1.807, 2.05) is 6.92 Å². The number of halogens is 1.